The van der Waals surface area contributed by atoms with Crippen LogP contribution >= 0.6 is 0 Å². The zero-order valence-corrected chi connectivity index (χ0v) is 10.1. The van der Waals surface area contributed by atoms with E-state index in [0.29, 0.717) is 24.3 Å². The fourth-order valence-corrected chi connectivity index (χ4v) is 2.55. The Labute approximate surface area is 108 Å². The second-order valence-electron chi connectivity index (χ2n) is 4.52. The molecule has 0 aliphatic carbocycles. The lowest BCUT2D eigenvalue weighted by Crippen LogP contribution is -2.36. The van der Waals surface area contributed by atoms with Crippen LogP contribution in [0.15, 0.2) is 24.5 Å². The van der Waals surface area contributed by atoms with Crippen LogP contribution in [0.3, 0.4) is 0 Å². The molecule has 2 aromatic rings. The normalized spacial score (nSPS) is 19.0. The number of carbonyl (C=O) groups is 1. The number of benzene rings is 1. The molecule has 1 fully saturated rings. The second-order valence-corrected chi connectivity index (χ2v) is 4.52. The van der Waals surface area contributed by atoms with Crippen molar-refractivity contribution >= 4 is 22.7 Å². The third kappa shape index (κ3) is 1.89. The standard InChI is InChI=1S/C13H12FN3O2/c14-8-3-1-4-9-11(8)12(16-7-15-9)17-6-2-5-10(17)13(18)19/h1,3-4,7,10H,2,5-6H2,(H,18,19)/t10-/m0/s1. The Morgan fingerprint density at radius 3 is 3.05 bits per heavy atom. The molecule has 1 aliphatic heterocycles. The van der Waals surface area contributed by atoms with Gasteiger partial charge in [-0.1, -0.05) is 6.07 Å². The molecular weight excluding hydrogens is 249 g/mol. The molecule has 1 aromatic carbocycles. The molecule has 1 atom stereocenters. The Hall–Kier alpha value is -2.24. The van der Waals surface area contributed by atoms with Crippen LogP contribution in [0.1, 0.15) is 12.8 Å². The fraction of sp³-hybridized carbons (Fsp3) is 0.308. The van der Waals surface area contributed by atoms with E-state index in [1.54, 1.807) is 17.0 Å². The van der Waals surface area contributed by atoms with Crippen molar-refractivity contribution < 1.29 is 14.3 Å². The molecule has 98 valence electrons. The van der Waals surface area contributed by atoms with Crippen LogP contribution in [-0.4, -0.2) is 33.6 Å². The van der Waals surface area contributed by atoms with E-state index in [0.717, 1.165) is 6.42 Å². The number of anilines is 1. The van der Waals surface area contributed by atoms with Gasteiger partial charge in [0, 0.05) is 6.54 Å². The van der Waals surface area contributed by atoms with Gasteiger partial charge in [-0.05, 0) is 25.0 Å². The number of hydrogen-bond acceptors (Lipinski definition) is 4. The Kier molecular flexibility index (Phi) is 2.77. The van der Waals surface area contributed by atoms with Gasteiger partial charge in [-0.15, -0.1) is 0 Å². The summed E-state index contributed by atoms with van der Waals surface area (Å²) in [5.41, 5.74) is 0.487. The van der Waals surface area contributed by atoms with Crippen molar-refractivity contribution in [1.82, 2.24) is 9.97 Å². The summed E-state index contributed by atoms with van der Waals surface area (Å²) in [5.74, 6) is -0.960. The molecule has 3 rings (SSSR count). The SMILES string of the molecule is O=C(O)[C@@H]1CCCN1c1ncnc2cccc(F)c12. The smallest absolute Gasteiger partial charge is 0.326 e. The van der Waals surface area contributed by atoms with Crippen LogP contribution in [0, 0.1) is 5.82 Å². The van der Waals surface area contributed by atoms with Gasteiger partial charge >= 0.3 is 5.97 Å². The van der Waals surface area contributed by atoms with Gasteiger partial charge in [0.1, 0.15) is 24.0 Å². The largest absolute Gasteiger partial charge is 0.480 e. The van der Waals surface area contributed by atoms with Crippen molar-refractivity contribution in [2.45, 2.75) is 18.9 Å². The average Bonchev–Trinajstić information content (AvgIpc) is 2.87. The number of aliphatic carboxylic acids is 1. The van der Waals surface area contributed by atoms with Gasteiger partial charge < -0.3 is 10.0 Å². The topological polar surface area (TPSA) is 66.3 Å². The van der Waals surface area contributed by atoms with E-state index in [2.05, 4.69) is 9.97 Å². The molecule has 2 heterocycles. The van der Waals surface area contributed by atoms with Crippen molar-refractivity contribution in [1.29, 1.82) is 0 Å². The van der Waals surface area contributed by atoms with Gasteiger partial charge in [-0.2, -0.15) is 0 Å². The first kappa shape index (κ1) is 11.8. The van der Waals surface area contributed by atoms with Gasteiger partial charge in [-0.3, -0.25) is 0 Å². The Bertz CT molecular complexity index is 642. The quantitative estimate of drug-likeness (QED) is 0.893. The molecule has 0 unspecified atom stereocenters. The lowest BCUT2D eigenvalue weighted by molar-refractivity contribution is -0.138. The summed E-state index contributed by atoms with van der Waals surface area (Å²) in [6.07, 6.45) is 2.65. The average molecular weight is 261 g/mol. The zero-order chi connectivity index (χ0) is 13.4. The fourth-order valence-electron chi connectivity index (χ4n) is 2.55. The van der Waals surface area contributed by atoms with E-state index in [1.165, 1.54) is 12.4 Å². The maximum atomic E-state index is 14.0. The molecule has 1 aliphatic rings. The third-order valence-electron chi connectivity index (χ3n) is 3.40. The number of rotatable bonds is 2. The molecule has 5 nitrogen and oxygen atoms in total. The number of aromatic nitrogens is 2. The van der Waals surface area contributed by atoms with Crippen LogP contribution in [0.2, 0.25) is 0 Å². The molecule has 0 radical (unpaired) electrons. The lowest BCUT2D eigenvalue weighted by Gasteiger charge is -2.23. The van der Waals surface area contributed by atoms with Crippen molar-refractivity contribution in [3.63, 3.8) is 0 Å². The minimum absolute atomic E-state index is 0.290. The summed E-state index contributed by atoms with van der Waals surface area (Å²) in [4.78, 5) is 21.0. The molecule has 6 heteroatoms. The van der Waals surface area contributed by atoms with Crippen LogP contribution in [0.4, 0.5) is 10.2 Å². The molecular formula is C13H12FN3O2. The van der Waals surface area contributed by atoms with Crippen molar-refractivity contribution in [3.8, 4) is 0 Å². The van der Waals surface area contributed by atoms with E-state index in [1.807, 2.05) is 0 Å². The molecule has 0 bridgehead atoms. The number of nitrogens with zero attached hydrogens (tertiary/aromatic N) is 3. The van der Waals surface area contributed by atoms with Gasteiger partial charge in [0.2, 0.25) is 0 Å². The van der Waals surface area contributed by atoms with Crippen molar-refractivity contribution in [2.75, 3.05) is 11.4 Å². The monoisotopic (exact) mass is 261 g/mol. The first-order valence-electron chi connectivity index (χ1n) is 6.07. The first-order valence-corrected chi connectivity index (χ1v) is 6.07. The van der Waals surface area contributed by atoms with E-state index in [-0.39, 0.29) is 5.39 Å². The summed E-state index contributed by atoms with van der Waals surface area (Å²) >= 11 is 0. The van der Waals surface area contributed by atoms with Crippen molar-refractivity contribution in [2.24, 2.45) is 0 Å². The van der Waals surface area contributed by atoms with E-state index < -0.39 is 17.8 Å². The highest BCUT2D eigenvalue weighted by Crippen LogP contribution is 2.30. The van der Waals surface area contributed by atoms with Crippen LogP contribution in [0.5, 0.6) is 0 Å². The van der Waals surface area contributed by atoms with Gasteiger partial charge in [0.05, 0.1) is 10.9 Å². The predicted octanol–water partition coefficient (Wildman–Crippen LogP) is 1.82. The number of hydrogen-bond donors (Lipinski definition) is 1. The minimum Gasteiger partial charge on any atom is -0.480 e. The summed E-state index contributed by atoms with van der Waals surface area (Å²) in [5, 5.41) is 9.50. The molecule has 0 spiro atoms. The Balaban J connectivity index is 2.17. The second kappa shape index (κ2) is 4.46. The van der Waals surface area contributed by atoms with Crippen molar-refractivity contribution in [3.05, 3.63) is 30.3 Å². The maximum absolute atomic E-state index is 14.0. The van der Waals surface area contributed by atoms with Gasteiger partial charge in [0.15, 0.2) is 0 Å². The molecule has 1 aromatic heterocycles. The van der Waals surface area contributed by atoms with E-state index >= 15 is 0 Å². The summed E-state index contributed by atoms with van der Waals surface area (Å²) in [6.45, 7) is 0.567. The van der Waals surface area contributed by atoms with E-state index in [4.69, 9.17) is 0 Å². The number of fused-ring (bicyclic) bond motifs is 1. The van der Waals surface area contributed by atoms with Crippen LogP contribution in [0.25, 0.3) is 10.9 Å². The summed E-state index contributed by atoms with van der Waals surface area (Å²) in [6, 6.07) is 3.96. The molecule has 0 amide bonds. The maximum Gasteiger partial charge on any atom is 0.326 e. The Morgan fingerprint density at radius 2 is 2.26 bits per heavy atom. The van der Waals surface area contributed by atoms with Crippen LogP contribution < -0.4 is 4.90 Å². The lowest BCUT2D eigenvalue weighted by atomic mass is 10.2. The highest BCUT2D eigenvalue weighted by atomic mass is 19.1. The van der Waals surface area contributed by atoms with Gasteiger partial charge in [0.25, 0.3) is 0 Å². The molecule has 1 saturated heterocycles. The van der Waals surface area contributed by atoms with Gasteiger partial charge in [-0.25, -0.2) is 19.2 Å². The summed E-state index contributed by atoms with van der Waals surface area (Å²) in [7, 11) is 0. The predicted molar refractivity (Wildman–Crippen MR) is 67.5 cm³/mol. The third-order valence-corrected chi connectivity index (χ3v) is 3.40. The minimum atomic E-state index is -0.902. The Morgan fingerprint density at radius 1 is 1.42 bits per heavy atom. The molecule has 19 heavy (non-hydrogen) atoms. The zero-order valence-electron chi connectivity index (χ0n) is 10.1. The first-order chi connectivity index (χ1) is 9.18. The highest BCUT2D eigenvalue weighted by molar-refractivity contribution is 5.92. The summed E-state index contributed by atoms with van der Waals surface area (Å²) < 4.78 is 14.0. The number of halogens is 1. The van der Waals surface area contributed by atoms with E-state index in [9.17, 15) is 14.3 Å². The molecule has 0 saturated carbocycles. The number of carboxylic acids is 1. The van der Waals surface area contributed by atoms with Crippen LogP contribution in [-0.2, 0) is 4.79 Å². The highest BCUT2D eigenvalue weighted by Gasteiger charge is 2.32. The number of carboxylic acid groups (broad SMARTS) is 1. The molecule has 1 N–H and O–H groups in total.